The number of amides is 1. The molecule has 7 heteroatoms. The monoisotopic (exact) mass is 343 g/mol. The highest BCUT2D eigenvalue weighted by molar-refractivity contribution is 9.10. The fourth-order valence-corrected chi connectivity index (χ4v) is 2.28. The van der Waals surface area contributed by atoms with E-state index in [-0.39, 0.29) is 21.6 Å². The van der Waals surface area contributed by atoms with Gasteiger partial charge in [-0.15, -0.1) is 0 Å². The molecule has 1 amide bonds. The van der Waals surface area contributed by atoms with E-state index in [2.05, 4.69) is 26.1 Å². The number of hydrogen-bond donors (Lipinski definition) is 1. The molecule has 0 atom stereocenters. The van der Waals surface area contributed by atoms with Crippen molar-refractivity contribution in [2.24, 2.45) is 0 Å². The Bertz CT molecular complexity index is 492. The molecule has 0 aliphatic rings. The van der Waals surface area contributed by atoms with Gasteiger partial charge in [-0.25, -0.2) is 0 Å². The number of nitrogens with one attached hydrogen (secondary N) is 1. The predicted octanol–water partition coefficient (Wildman–Crippen LogP) is 2.43. The maximum atomic E-state index is 12.0. The van der Waals surface area contributed by atoms with Gasteiger partial charge in [0.05, 0.1) is 10.5 Å². The minimum absolute atomic E-state index is 0.106. The highest BCUT2D eigenvalue weighted by atomic mass is 79.9. The van der Waals surface area contributed by atoms with Gasteiger partial charge in [0.2, 0.25) is 0 Å². The SMILES string of the molecule is CN(C)CCCCNC(=O)c1cccc([N+](=O)[O-])c1Br. The molecule has 0 bridgehead atoms. The fraction of sp³-hybridized carbons (Fsp3) is 0.462. The molecule has 0 heterocycles. The second-order valence-corrected chi connectivity index (χ2v) is 5.46. The molecular formula is C13H18BrN3O3. The van der Waals surface area contributed by atoms with E-state index in [0.29, 0.717) is 6.54 Å². The van der Waals surface area contributed by atoms with Gasteiger partial charge in [-0.2, -0.15) is 0 Å². The van der Waals surface area contributed by atoms with Crippen LogP contribution >= 0.6 is 15.9 Å². The number of hydrogen-bond acceptors (Lipinski definition) is 4. The van der Waals surface area contributed by atoms with Crippen molar-refractivity contribution in [2.75, 3.05) is 27.2 Å². The summed E-state index contributed by atoms with van der Waals surface area (Å²) in [4.78, 5) is 24.3. The molecule has 20 heavy (non-hydrogen) atoms. The maximum Gasteiger partial charge on any atom is 0.284 e. The van der Waals surface area contributed by atoms with Gasteiger partial charge in [-0.3, -0.25) is 14.9 Å². The summed E-state index contributed by atoms with van der Waals surface area (Å²) < 4.78 is 0.218. The quantitative estimate of drug-likeness (QED) is 0.468. The summed E-state index contributed by atoms with van der Waals surface area (Å²) in [6, 6.07) is 4.42. The number of rotatable bonds is 7. The zero-order valence-corrected chi connectivity index (χ0v) is 13.1. The Labute approximate surface area is 126 Å². The Kier molecular flexibility index (Phi) is 6.60. The third-order valence-electron chi connectivity index (χ3n) is 2.74. The van der Waals surface area contributed by atoms with Crippen LogP contribution < -0.4 is 5.32 Å². The topological polar surface area (TPSA) is 75.5 Å². The van der Waals surface area contributed by atoms with Crippen molar-refractivity contribution in [3.63, 3.8) is 0 Å². The van der Waals surface area contributed by atoms with Gasteiger partial charge in [0.25, 0.3) is 11.6 Å². The first kappa shape index (κ1) is 16.6. The van der Waals surface area contributed by atoms with Crippen molar-refractivity contribution < 1.29 is 9.72 Å². The van der Waals surface area contributed by atoms with E-state index in [1.165, 1.54) is 12.1 Å². The van der Waals surface area contributed by atoms with Crippen LogP contribution in [-0.4, -0.2) is 42.9 Å². The molecule has 0 saturated carbocycles. The molecule has 1 aromatic rings. The van der Waals surface area contributed by atoms with Gasteiger partial charge in [0.1, 0.15) is 4.47 Å². The number of carbonyl (C=O) groups is 1. The first-order valence-corrected chi connectivity index (χ1v) is 7.08. The summed E-state index contributed by atoms with van der Waals surface area (Å²) in [6.07, 6.45) is 1.86. The first-order valence-electron chi connectivity index (χ1n) is 6.29. The number of nitro groups is 1. The highest BCUT2D eigenvalue weighted by Crippen LogP contribution is 2.28. The van der Waals surface area contributed by atoms with Crippen LogP contribution in [0.3, 0.4) is 0 Å². The standard InChI is InChI=1S/C13H18BrN3O3/c1-16(2)9-4-3-8-15-13(18)10-6-5-7-11(12(10)14)17(19)20/h5-7H,3-4,8-9H2,1-2H3,(H,15,18). The van der Waals surface area contributed by atoms with E-state index in [0.717, 1.165) is 19.4 Å². The molecule has 0 aromatic heterocycles. The third kappa shape index (κ3) is 4.90. The number of halogens is 1. The minimum Gasteiger partial charge on any atom is -0.352 e. The summed E-state index contributed by atoms with van der Waals surface area (Å²) in [6.45, 7) is 1.53. The van der Waals surface area contributed by atoms with Crippen LogP contribution in [0, 0.1) is 10.1 Å². The average molecular weight is 344 g/mol. The molecular weight excluding hydrogens is 326 g/mol. The van der Waals surface area contributed by atoms with Gasteiger partial charge in [0.15, 0.2) is 0 Å². The Morgan fingerprint density at radius 1 is 1.40 bits per heavy atom. The van der Waals surface area contributed by atoms with Crippen molar-refractivity contribution in [1.82, 2.24) is 10.2 Å². The number of carbonyl (C=O) groups excluding carboxylic acids is 1. The van der Waals surface area contributed by atoms with E-state index >= 15 is 0 Å². The van der Waals surface area contributed by atoms with Gasteiger partial charge in [-0.05, 0) is 55.5 Å². The van der Waals surface area contributed by atoms with E-state index in [1.807, 2.05) is 14.1 Å². The lowest BCUT2D eigenvalue weighted by molar-refractivity contribution is -0.385. The second-order valence-electron chi connectivity index (χ2n) is 4.66. The Morgan fingerprint density at radius 3 is 2.70 bits per heavy atom. The van der Waals surface area contributed by atoms with Crippen LogP contribution in [-0.2, 0) is 0 Å². The molecule has 0 fully saturated rings. The third-order valence-corrected chi connectivity index (χ3v) is 3.57. The number of nitro benzene ring substituents is 1. The first-order chi connectivity index (χ1) is 9.43. The summed E-state index contributed by atoms with van der Waals surface area (Å²) in [5.74, 6) is -0.301. The van der Waals surface area contributed by atoms with E-state index < -0.39 is 4.92 Å². The fourth-order valence-electron chi connectivity index (χ4n) is 1.69. The van der Waals surface area contributed by atoms with Crippen molar-refractivity contribution in [3.8, 4) is 0 Å². The van der Waals surface area contributed by atoms with E-state index in [4.69, 9.17) is 0 Å². The Balaban J connectivity index is 2.56. The molecule has 0 aliphatic carbocycles. The van der Waals surface area contributed by atoms with E-state index in [9.17, 15) is 14.9 Å². The van der Waals surface area contributed by atoms with Crippen molar-refractivity contribution in [2.45, 2.75) is 12.8 Å². The Hall–Kier alpha value is -1.47. The number of unbranched alkanes of at least 4 members (excludes halogenated alkanes) is 1. The number of benzene rings is 1. The van der Waals surface area contributed by atoms with Gasteiger partial charge >= 0.3 is 0 Å². The van der Waals surface area contributed by atoms with Crippen molar-refractivity contribution in [3.05, 3.63) is 38.3 Å². The molecule has 0 unspecified atom stereocenters. The molecule has 1 aromatic carbocycles. The summed E-state index contributed by atoms with van der Waals surface area (Å²) in [5, 5.41) is 13.6. The van der Waals surface area contributed by atoms with Gasteiger partial charge in [0, 0.05) is 12.6 Å². The van der Waals surface area contributed by atoms with Crippen molar-refractivity contribution >= 4 is 27.5 Å². The molecule has 1 N–H and O–H groups in total. The highest BCUT2D eigenvalue weighted by Gasteiger charge is 2.18. The van der Waals surface area contributed by atoms with Crippen LogP contribution in [0.25, 0.3) is 0 Å². The smallest absolute Gasteiger partial charge is 0.284 e. The largest absolute Gasteiger partial charge is 0.352 e. The summed E-state index contributed by atoms with van der Waals surface area (Å²) >= 11 is 3.11. The molecule has 0 saturated heterocycles. The average Bonchev–Trinajstić information content (AvgIpc) is 2.37. The van der Waals surface area contributed by atoms with Crippen LogP contribution in [0.5, 0.6) is 0 Å². The normalized spacial score (nSPS) is 10.6. The lowest BCUT2D eigenvalue weighted by atomic mass is 10.2. The molecule has 0 radical (unpaired) electrons. The minimum atomic E-state index is -0.516. The second kappa shape index (κ2) is 7.96. The van der Waals surface area contributed by atoms with Gasteiger partial charge < -0.3 is 10.2 Å². The molecule has 1 rings (SSSR count). The number of nitrogens with zero attached hydrogens (tertiary/aromatic N) is 2. The molecule has 6 nitrogen and oxygen atoms in total. The predicted molar refractivity (Wildman–Crippen MR) is 80.9 cm³/mol. The van der Waals surface area contributed by atoms with Crippen LogP contribution in [0.15, 0.2) is 22.7 Å². The van der Waals surface area contributed by atoms with Crippen molar-refractivity contribution in [1.29, 1.82) is 0 Å². The molecule has 0 spiro atoms. The van der Waals surface area contributed by atoms with E-state index in [1.54, 1.807) is 6.07 Å². The lowest BCUT2D eigenvalue weighted by Gasteiger charge is -2.10. The zero-order valence-electron chi connectivity index (χ0n) is 11.6. The summed E-state index contributed by atoms with van der Waals surface area (Å²) in [5.41, 5.74) is 0.178. The molecule has 0 aliphatic heterocycles. The lowest BCUT2D eigenvalue weighted by Crippen LogP contribution is -2.25. The summed E-state index contributed by atoms with van der Waals surface area (Å²) in [7, 11) is 4.00. The van der Waals surface area contributed by atoms with Gasteiger partial charge in [-0.1, -0.05) is 6.07 Å². The van der Waals surface area contributed by atoms with Crippen LogP contribution in [0.2, 0.25) is 0 Å². The molecule has 110 valence electrons. The maximum absolute atomic E-state index is 12.0. The zero-order chi connectivity index (χ0) is 15.1. The van der Waals surface area contributed by atoms with Crippen LogP contribution in [0.1, 0.15) is 23.2 Å². The van der Waals surface area contributed by atoms with Crippen LogP contribution in [0.4, 0.5) is 5.69 Å². The Morgan fingerprint density at radius 2 is 2.10 bits per heavy atom.